The third-order valence-electron chi connectivity index (χ3n) is 4.55. The summed E-state index contributed by atoms with van der Waals surface area (Å²) in [5, 5.41) is 12.1. The summed E-state index contributed by atoms with van der Waals surface area (Å²) in [4.78, 5) is 36.3. The van der Waals surface area contributed by atoms with Crippen molar-refractivity contribution in [1.82, 2.24) is 0 Å². The maximum atomic E-state index is 14.0. The first-order valence-corrected chi connectivity index (χ1v) is 8.02. The summed E-state index contributed by atoms with van der Waals surface area (Å²) >= 11 is 0. The number of carbonyl (C=O) groups is 2. The Morgan fingerprint density at radius 3 is 2.89 bits per heavy atom. The summed E-state index contributed by atoms with van der Waals surface area (Å²) < 4.78 is 24.6. The lowest BCUT2D eigenvalue weighted by Gasteiger charge is -2.24. The van der Waals surface area contributed by atoms with Crippen LogP contribution in [0, 0.1) is 10.7 Å². The van der Waals surface area contributed by atoms with Crippen LogP contribution in [0.4, 0.5) is 10.1 Å². The van der Waals surface area contributed by atoms with Crippen molar-refractivity contribution in [3.05, 3.63) is 63.3 Å². The Morgan fingerprint density at radius 2 is 2.15 bits per heavy atom. The second-order valence-electron chi connectivity index (χ2n) is 6.17. The lowest BCUT2D eigenvalue weighted by molar-refractivity contribution is -0.119. The molecule has 1 N–H and O–H groups in total. The van der Waals surface area contributed by atoms with Crippen molar-refractivity contribution in [2.75, 3.05) is 11.7 Å². The van der Waals surface area contributed by atoms with Crippen molar-refractivity contribution in [2.45, 2.75) is 19.2 Å². The minimum Gasteiger partial charge on any atom is -0.478 e. The number of amides is 1. The molecule has 0 saturated heterocycles. The van der Waals surface area contributed by atoms with Crippen molar-refractivity contribution in [3.63, 3.8) is 0 Å². The lowest BCUT2D eigenvalue weighted by atomic mass is 10.1. The van der Waals surface area contributed by atoms with Crippen LogP contribution in [0.15, 0.2) is 35.5 Å². The monoisotopic (exact) mass is 372 g/mol. The zero-order valence-corrected chi connectivity index (χ0v) is 13.8. The quantitative estimate of drug-likeness (QED) is 0.828. The van der Waals surface area contributed by atoms with Crippen LogP contribution in [0.1, 0.15) is 33.1 Å². The minimum absolute atomic E-state index is 0.00214. The van der Waals surface area contributed by atoms with Crippen LogP contribution in [-0.2, 0) is 22.7 Å². The molecule has 2 heterocycles. The molecule has 0 aliphatic carbocycles. The summed E-state index contributed by atoms with van der Waals surface area (Å²) in [5.74, 6) is -1.88. The molecule has 1 unspecified atom stereocenters. The summed E-state index contributed by atoms with van der Waals surface area (Å²) in [6.07, 6.45) is 0. The third kappa shape index (κ3) is 2.81. The molecule has 4 rings (SSSR count). The number of nitroso groups, excluding NO2 is 1. The predicted octanol–water partition coefficient (Wildman–Crippen LogP) is 2.74. The van der Waals surface area contributed by atoms with Crippen molar-refractivity contribution in [2.24, 2.45) is 5.18 Å². The molecular formula is C18H13FN2O6. The summed E-state index contributed by atoms with van der Waals surface area (Å²) in [7, 11) is 0. The first-order valence-electron chi connectivity index (χ1n) is 8.02. The SMILES string of the molecule is O=NC1C(=O)N(Cc2cc(F)cc3c2OCOC3)c2cc(C(=O)O)ccc21. The fourth-order valence-corrected chi connectivity index (χ4v) is 3.35. The highest BCUT2D eigenvalue weighted by atomic mass is 19.1. The molecule has 0 bridgehead atoms. The third-order valence-corrected chi connectivity index (χ3v) is 4.55. The molecule has 27 heavy (non-hydrogen) atoms. The van der Waals surface area contributed by atoms with Crippen LogP contribution in [0.3, 0.4) is 0 Å². The predicted molar refractivity (Wildman–Crippen MR) is 89.8 cm³/mol. The van der Waals surface area contributed by atoms with Gasteiger partial charge in [0.25, 0.3) is 5.91 Å². The van der Waals surface area contributed by atoms with Crippen molar-refractivity contribution in [3.8, 4) is 5.75 Å². The standard InChI is InChI=1S/C18H13FN2O6/c19-12-3-10(16-11(4-12)7-26-8-27-16)6-21-14-5-9(18(23)24)1-2-13(14)15(20-25)17(21)22/h1-5,15H,6-8H2,(H,23,24). The van der Waals surface area contributed by atoms with Gasteiger partial charge in [0.1, 0.15) is 11.6 Å². The first-order chi connectivity index (χ1) is 13.0. The Bertz CT molecular complexity index is 977. The van der Waals surface area contributed by atoms with E-state index in [-0.39, 0.29) is 31.2 Å². The Labute approximate surface area is 152 Å². The molecule has 1 amide bonds. The molecule has 0 saturated carbocycles. The second kappa shape index (κ2) is 6.44. The number of fused-ring (bicyclic) bond motifs is 2. The van der Waals surface area contributed by atoms with Gasteiger partial charge in [-0.1, -0.05) is 11.2 Å². The zero-order chi connectivity index (χ0) is 19.1. The van der Waals surface area contributed by atoms with Gasteiger partial charge in [-0.2, -0.15) is 0 Å². The van der Waals surface area contributed by atoms with E-state index in [0.717, 1.165) is 0 Å². The molecule has 0 fully saturated rings. The molecule has 1 atom stereocenters. The number of rotatable bonds is 4. The maximum Gasteiger partial charge on any atom is 0.335 e. The lowest BCUT2D eigenvalue weighted by Crippen LogP contribution is -2.28. The first kappa shape index (κ1) is 17.1. The normalized spacial score (nSPS) is 17.9. The summed E-state index contributed by atoms with van der Waals surface area (Å²) in [5.41, 5.74) is 1.43. The van der Waals surface area contributed by atoms with Crippen molar-refractivity contribution >= 4 is 17.6 Å². The maximum absolute atomic E-state index is 14.0. The molecule has 138 valence electrons. The fourth-order valence-electron chi connectivity index (χ4n) is 3.35. The van der Waals surface area contributed by atoms with Gasteiger partial charge in [0.2, 0.25) is 0 Å². The number of ether oxygens (including phenoxy) is 2. The second-order valence-corrected chi connectivity index (χ2v) is 6.17. The topological polar surface area (TPSA) is 106 Å². The van der Waals surface area contributed by atoms with E-state index < -0.39 is 23.7 Å². The van der Waals surface area contributed by atoms with Gasteiger partial charge in [0.15, 0.2) is 12.8 Å². The number of anilines is 1. The number of carbonyl (C=O) groups excluding carboxylic acids is 1. The largest absolute Gasteiger partial charge is 0.478 e. The highest BCUT2D eigenvalue weighted by molar-refractivity contribution is 6.06. The Morgan fingerprint density at radius 1 is 1.33 bits per heavy atom. The van der Waals surface area contributed by atoms with Crippen LogP contribution < -0.4 is 9.64 Å². The van der Waals surface area contributed by atoms with Gasteiger partial charge in [0, 0.05) is 16.7 Å². The van der Waals surface area contributed by atoms with Gasteiger partial charge < -0.3 is 19.5 Å². The molecule has 0 spiro atoms. The number of aromatic carboxylic acids is 1. The number of benzene rings is 2. The molecule has 2 aromatic rings. The number of hydrogen-bond acceptors (Lipinski definition) is 6. The van der Waals surface area contributed by atoms with Gasteiger partial charge in [-0.05, 0) is 24.3 Å². The van der Waals surface area contributed by atoms with E-state index in [1.54, 1.807) is 0 Å². The van der Waals surface area contributed by atoms with Gasteiger partial charge in [-0.25, -0.2) is 9.18 Å². The Hall–Kier alpha value is -3.33. The Balaban J connectivity index is 1.78. The van der Waals surface area contributed by atoms with E-state index >= 15 is 0 Å². The molecule has 9 heteroatoms. The summed E-state index contributed by atoms with van der Waals surface area (Å²) in [6, 6.07) is 5.26. The molecular weight excluding hydrogens is 359 g/mol. The van der Waals surface area contributed by atoms with Crippen LogP contribution in [0.2, 0.25) is 0 Å². The van der Waals surface area contributed by atoms with Gasteiger partial charge >= 0.3 is 5.97 Å². The van der Waals surface area contributed by atoms with E-state index in [4.69, 9.17) is 9.47 Å². The van der Waals surface area contributed by atoms with Crippen molar-refractivity contribution < 1.29 is 28.6 Å². The van der Waals surface area contributed by atoms with Crippen molar-refractivity contribution in [1.29, 1.82) is 0 Å². The molecule has 2 aliphatic rings. The number of nitrogens with zero attached hydrogens (tertiary/aromatic N) is 2. The summed E-state index contributed by atoms with van der Waals surface area (Å²) in [6.45, 7) is 0.0746. The van der Waals surface area contributed by atoms with E-state index in [1.165, 1.54) is 35.2 Å². The van der Waals surface area contributed by atoms with E-state index in [0.29, 0.717) is 22.4 Å². The average molecular weight is 372 g/mol. The number of halogens is 1. The highest BCUT2D eigenvalue weighted by Gasteiger charge is 2.39. The van der Waals surface area contributed by atoms with Crippen LogP contribution >= 0.6 is 0 Å². The number of carboxylic acid groups (broad SMARTS) is 1. The number of hydrogen-bond donors (Lipinski definition) is 1. The smallest absolute Gasteiger partial charge is 0.335 e. The molecule has 2 aromatic carbocycles. The Kier molecular flexibility index (Phi) is 4.08. The molecule has 0 aromatic heterocycles. The van der Waals surface area contributed by atoms with Crippen LogP contribution in [0.25, 0.3) is 0 Å². The fraction of sp³-hybridized carbons (Fsp3) is 0.222. The zero-order valence-electron chi connectivity index (χ0n) is 13.8. The molecule has 8 nitrogen and oxygen atoms in total. The highest BCUT2D eigenvalue weighted by Crippen LogP contribution is 2.41. The van der Waals surface area contributed by atoms with E-state index in [9.17, 15) is 24.0 Å². The van der Waals surface area contributed by atoms with E-state index in [1.807, 2.05) is 0 Å². The van der Waals surface area contributed by atoms with Gasteiger partial charge in [-0.3, -0.25) is 4.79 Å². The molecule has 2 aliphatic heterocycles. The van der Waals surface area contributed by atoms with Gasteiger partial charge in [0.05, 0.1) is 24.4 Å². The van der Waals surface area contributed by atoms with Crippen LogP contribution in [-0.4, -0.2) is 23.8 Å². The van der Waals surface area contributed by atoms with Crippen LogP contribution in [0.5, 0.6) is 5.75 Å². The van der Waals surface area contributed by atoms with E-state index in [2.05, 4.69) is 5.18 Å². The minimum atomic E-state index is -1.27. The van der Waals surface area contributed by atoms with Gasteiger partial charge in [-0.15, -0.1) is 4.91 Å². The molecule has 0 radical (unpaired) electrons. The number of carboxylic acids is 1. The average Bonchev–Trinajstić information content (AvgIpc) is 2.92.